The van der Waals surface area contributed by atoms with Crippen LogP contribution in [0.4, 0.5) is 5.69 Å². The molecule has 6 heteroatoms. The van der Waals surface area contributed by atoms with E-state index in [0.717, 1.165) is 46.1 Å². The maximum Gasteiger partial charge on any atom is 0.283 e. The van der Waals surface area contributed by atoms with E-state index in [9.17, 15) is 9.90 Å². The molecule has 1 aliphatic heterocycles. The number of nitrogens with zero attached hydrogens (tertiary/aromatic N) is 3. The average Bonchev–Trinajstić information content (AvgIpc) is 3.43. The van der Waals surface area contributed by atoms with Crippen molar-refractivity contribution in [2.45, 2.75) is 45.8 Å². The number of hydrogen-bond acceptors (Lipinski definition) is 4. The number of fused-ring (bicyclic) bond motifs is 2. The zero-order valence-electron chi connectivity index (χ0n) is 25.1. The quantitative estimate of drug-likeness (QED) is 0.124. The van der Waals surface area contributed by atoms with Crippen LogP contribution in [0.15, 0.2) is 119 Å². The number of aliphatic hydroxyl groups excluding tert-OH is 1. The number of aryl methyl sites for hydroxylation is 1. The van der Waals surface area contributed by atoms with E-state index in [4.69, 9.17) is 0 Å². The highest BCUT2D eigenvalue weighted by molar-refractivity contribution is 8.03. The van der Waals surface area contributed by atoms with Crippen molar-refractivity contribution in [2.24, 2.45) is 0 Å². The Kier molecular flexibility index (Phi) is 7.99. The highest BCUT2D eigenvalue weighted by atomic mass is 32.2. The minimum Gasteiger partial charge on any atom is -0.392 e. The van der Waals surface area contributed by atoms with Gasteiger partial charge in [-0.15, -0.1) is 18.3 Å². The van der Waals surface area contributed by atoms with E-state index in [0.29, 0.717) is 17.9 Å². The predicted octanol–water partition coefficient (Wildman–Crippen LogP) is 6.96. The third-order valence-corrected chi connectivity index (χ3v) is 9.65. The monoisotopic (exact) mass is 588 g/mol. The van der Waals surface area contributed by atoms with Crippen molar-refractivity contribution in [3.05, 3.63) is 136 Å². The van der Waals surface area contributed by atoms with Crippen LogP contribution in [0, 0.1) is 0 Å². The molecule has 43 heavy (non-hydrogen) atoms. The number of imidazole rings is 1. The topological polar surface area (TPSA) is 49.4 Å². The van der Waals surface area contributed by atoms with Gasteiger partial charge in [0.25, 0.3) is 5.82 Å². The standard InChI is InChI=1S/C37H38N3O2S/c1-5-22-43-36-27(35(42)28(36)24-34-38(6-2)31-18-12-13-19-32(31)39(34)20-21-41)23-33-37(3,4)29-16-10-11-17-30(29)40(33)25-26-14-8-7-9-15-26/h5,7-19,23-24,41H,1,6,20-22,25H2,2-4H3/q+1. The summed E-state index contributed by atoms with van der Waals surface area (Å²) in [7, 11) is 0. The molecule has 0 saturated heterocycles. The van der Waals surface area contributed by atoms with E-state index >= 15 is 0 Å². The summed E-state index contributed by atoms with van der Waals surface area (Å²) in [6.45, 7) is 12.5. The lowest BCUT2D eigenvalue weighted by Crippen LogP contribution is -2.38. The molecule has 1 aromatic heterocycles. The third-order valence-electron chi connectivity index (χ3n) is 8.52. The molecule has 0 unspecified atom stereocenters. The summed E-state index contributed by atoms with van der Waals surface area (Å²) in [4.78, 5) is 17.4. The van der Waals surface area contributed by atoms with Gasteiger partial charge in [-0.1, -0.05) is 80.6 Å². The molecule has 0 bridgehead atoms. The highest BCUT2D eigenvalue weighted by Gasteiger charge is 2.42. The minimum absolute atomic E-state index is 0.0185. The van der Waals surface area contributed by atoms with Gasteiger partial charge >= 0.3 is 0 Å². The van der Waals surface area contributed by atoms with Gasteiger partial charge in [0, 0.05) is 51.2 Å². The summed E-state index contributed by atoms with van der Waals surface area (Å²) in [5.74, 6) is 1.68. The summed E-state index contributed by atoms with van der Waals surface area (Å²) < 4.78 is 4.33. The number of hydrogen-bond donors (Lipinski definition) is 1. The molecule has 4 aromatic rings. The number of allylic oxidation sites excluding steroid dienone is 4. The number of aliphatic hydroxyl groups is 1. The number of anilines is 1. The van der Waals surface area contributed by atoms with E-state index in [-0.39, 0.29) is 17.8 Å². The molecule has 0 spiro atoms. The molecule has 1 aliphatic carbocycles. The molecule has 0 amide bonds. The van der Waals surface area contributed by atoms with Gasteiger partial charge in [0.05, 0.1) is 13.2 Å². The minimum atomic E-state index is -0.273. The van der Waals surface area contributed by atoms with Crippen LogP contribution in [-0.2, 0) is 29.8 Å². The Bertz CT molecular complexity index is 1810. The van der Waals surface area contributed by atoms with Crippen molar-refractivity contribution in [2.75, 3.05) is 17.3 Å². The largest absolute Gasteiger partial charge is 0.392 e. The van der Waals surface area contributed by atoms with Crippen molar-refractivity contribution in [3.63, 3.8) is 0 Å². The zero-order valence-corrected chi connectivity index (χ0v) is 25.9. The number of benzene rings is 3. The maximum absolute atomic E-state index is 14.1. The Morgan fingerprint density at radius 1 is 0.977 bits per heavy atom. The molecule has 2 aliphatic rings. The number of carbonyl (C=O) groups excluding carboxylic acids is 1. The fourth-order valence-electron chi connectivity index (χ4n) is 6.43. The second-order valence-corrected chi connectivity index (χ2v) is 12.5. The number of rotatable bonds is 10. The van der Waals surface area contributed by atoms with Crippen molar-refractivity contribution in [3.8, 4) is 0 Å². The number of Topliss-reactive ketones (excluding diaryl/α,β-unsaturated/α-hetero) is 1. The SMILES string of the molecule is C=CCSC1=C(C=C2N(Cc3ccccc3)c3ccccc3C2(C)C)C(=O)C1=Cc1n(CC)c2ccccc2[n+]1CCO. The Morgan fingerprint density at radius 3 is 2.44 bits per heavy atom. The first-order chi connectivity index (χ1) is 20.9. The molecule has 5 nitrogen and oxygen atoms in total. The maximum atomic E-state index is 14.1. The van der Waals surface area contributed by atoms with Crippen LogP contribution in [0.1, 0.15) is 37.7 Å². The second-order valence-electron chi connectivity index (χ2n) is 11.4. The lowest BCUT2D eigenvalue weighted by molar-refractivity contribution is -0.675. The number of aromatic nitrogens is 2. The van der Waals surface area contributed by atoms with Crippen LogP contribution in [0.25, 0.3) is 17.1 Å². The van der Waals surface area contributed by atoms with Crippen LogP contribution in [0.3, 0.4) is 0 Å². The van der Waals surface area contributed by atoms with Gasteiger partial charge in [0.2, 0.25) is 0 Å². The van der Waals surface area contributed by atoms with Crippen LogP contribution in [0.2, 0.25) is 0 Å². The zero-order chi connectivity index (χ0) is 30.1. The predicted molar refractivity (Wildman–Crippen MR) is 178 cm³/mol. The average molecular weight is 589 g/mol. The van der Waals surface area contributed by atoms with Crippen LogP contribution < -0.4 is 9.47 Å². The van der Waals surface area contributed by atoms with E-state index < -0.39 is 0 Å². The van der Waals surface area contributed by atoms with Gasteiger partial charge in [0.15, 0.2) is 16.8 Å². The fourth-order valence-corrected chi connectivity index (χ4v) is 7.33. The molecule has 218 valence electrons. The Hall–Kier alpha value is -4.13. The number of thioether (sulfide) groups is 1. The van der Waals surface area contributed by atoms with Crippen LogP contribution >= 0.6 is 11.8 Å². The van der Waals surface area contributed by atoms with Gasteiger partial charge < -0.3 is 10.0 Å². The molecule has 2 heterocycles. The first-order valence-electron chi connectivity index (χ1n) is 14.9. The first kappa shape index (κ1) is 29.0. The lowest BCUT2D eigenvalue weighted by atomic mass is 9.81. The molecule has 6 rings (SSSR count). The smallest absolute Gasteiger partial charge is 0.283 e. The summed E-state index contributed by atoms with van der Waals surface area (Å²) >= 11 is 1.66. The van der Waals surface area contributed by atoms with Gasteiger partial charge in [-0.05, 0) is 42.3 Å². The Morgan fingerprint density at radius 2 is 1.70 bits per heavy atom. The van der Waals surface area contributed by atoms with Gasteiger partial charge in [-0.25, -0.2) is 9.13 Å². The van der Waals surface area contributed by atoms with Crippen molar-refractivity contribution in [1.82, 2.24) is 4.57 Å². The molecule has 3 aromatic carbocycles. The summed E-state index contributed by atoms with van der Waals surface area (Å²) in [6.07, 6.45) is 6.03. The molecule has 0 fully saturated rings. The molecule has 0 atom stereocenters. The van der Waals surface area contributed by atoms with Crippen molar-refractivity contribution in [1.29, 1.82) is 0 Å². The number of para-hydroxylation sites is 3. The molecular weight excluding hydrogens is 550 g/mol. The van der Waals surface area contributed by atoms with Crippen molar-refractivity contribution < 1.29 is 14.5 Å². The van der Waals surface area contributed by atoms with Gasteiger partial charge in [-0.3, -0.25) is 4.79 Å². The van der Waals surface area contributed by atoms with Gasteiger partial charge in [-0.2, -0.15) is 0 Å². The van der Waals surface area contributed by atoms with E-state index in [1.54, 1.807) is 11.8 Å². The number of ketones is 1. The Balaban J connectivity index is 1.50. The molecule has 0 saturated carbocycles. The van der Waals surface area contributed by atoms with E-state index in [1.165, 1.54) is 16.8 Å². The fraction of sp³-hybridized carbons (Fsp3) is 0.243. The first-order valence-corrected chi connectivity index (χ1v) is 15.9. The number of carbonyl (C=O) groups is 1. The summed E-state index contributed by atoms with van der Waals surface area (Å²) in [5.41, 5.74) is 8.11. The Labute approximate surface area is 258 Å². The summed E-state index contributed by atoms with van der Waals surface area (Å²) in [5, 5.41) is 9.91. The molecular formula is C37H38N3O2S+. The van der Waals surface area contributed by atoms with Crippen LogP contribution in [0.5, 0.6) is 0 Å². The van der Waals surface area contributed by atoms with Crippen LogP contribution in [-0.4, -0.2) is 27.8 Å². The van der Waals surface area contributed by atoms with E-state index in [2.05, 4.69) is 108 Å². The highest BCUT2D eigenvalue weighted by Crippen LogP contribution is 2.50. The lowest BCUT2D eigenvalue weighted by Gasteiger charge is -2.30. The van der Waals surface area contributed by atoms with E-state index in [1.807, 2.05) is 30.4 Å². The summed E-state index contributed by atoms with van der Waals surface area (Å²) in [6, 6.07) is 27.3. The molecule has 1 N–H and O–H groups in total. The second kappa shape index (κ2) is 11.9. The molecule has 0 radical (unpaired) electrons. The van der Waals surface area contributed by atoms with Gasteiger partial charge in [0.1, 0.15) is 6.54 Å². The third kappa shape index (κ3) is 4.98. The normalized spacial score (nSPS) is 17.7. The van der Waals surface area contributed by atoms with Crippen molar-refractivity contribution >= 4 is 40.3 Å².